The van der Waals surface area contributed by atoms with Gasteiger partial charge in [0.05, 0.1) is 5.52 Å². The SMILES string of the molecule is CCc1cc2cc(Cl)ccc2nc1N1CCNCC1. The standard InChI is InChI=1S/C15H18ClN3/c1-2-11-9-12-10-13(16)3-4-14(12)18-15(11)19-7-5-17-6-8-19/h3-4,9-10,17H,2,5-8H2,1H3. The molecule has 0 radical (unpaired) electrons. The number of pyridine rings is 1. The fourth-order valence-electron chi connectivity index (χ4n) is 2.59. The Morgan fingerprint density at radius 2 is 2.05 bits per heavy atom. The van der Waals surface area contributed by atoms with Gasteiger partial charge in [0.15, 0.2) is 0 Å². The highest BCUT2D eigenvalue weighted by atomic mass is 35.5. The molecule has 3 nitrogen and oxygen atoms in total. The Kier molecular flexibility index (Phi) is 3.58. The van der Waals surface area contributed by atoms with E-state index in [2.05, 4.69) is 23.2 Å². The maximum absolute atomic E-state index is 6.06. The van der Waals surface area contributed by atoms with Gasteiger partial charge in [0.2, 0.25) is 0 Å². The van der Waals surface area contributed by atoms with Crippen molar-refractivity contribution in [3.8, 4) is 0 Å². The van der Waals surface area contributed by atoms with E-state index >= 15 is 0 Å². The van der Waals surface area contributed by atoms with Gasteiger partial charge in [-0.25, -0.2) is 4.98 Å². The second kappa shape index (κ2) is 5.35. The molecule has 2 aromatic rings. The minimum absolute atomic E-state index is 0.770. The van der Waals surface area contributed by atoms with Crippen molar-refractivity contribution in [1.29, 1.82) is 0 Å². The van der Waals surface area contributed by atoms with Gasteiger partial charge in [-0.15, -0.1) is 0 Å². The van der Waals surface area contributed by atoms with Crippen molar-refractivity contribution in [1.82, 2.24) is 10.3 Å². The molecule has 100 valence electrons. The highest BCUT2D eigenvalue weighted by molar-refractivity contribution is 6.31. The summed E-state index contributed by atoms with van der Waals surface area (Å²) >= 11 is 6.06. The van der Waals surface area contributed by atoms with Crippen LogP contribution < -0.4 is 10.2 Å². The molecule has 1 saturated heterocycles. The molecule has 0 saturated carbocycles. The summed E-state index contributed by atoms with van der Waals surface area (Å²) in [6.07, 6.45) is 0.995. The first-order valence-electron chi connectivity index (χ1n) is 6.83. The number of aryl methyl sites for hydroxylation is 1. The molecule has 1 aliphatic heterocycles. The predicted octanol–water partition coefficient (Wildman–Crippen LogP) is 2.86. The molecular weight excluding hydrogens is 258 g/mol. The van der Waals surface area contributed by atoms with E-state index in [1.165, 1.54) is 5.56 Å². The summed E-state index contributed by atoms with van der Waals surface area (Å²) in [4.78, 5) is 7.23. The van der Waals surface area contributed by atoms with Gasteiger partial charge in [-0.2, -0.15) is 0 Å². The predicted molar refractivity (Wildman–Crippen MR) is 81.2 cm³/mol. The molecule has 0 bridgehead atoms. The number of anilines is 1. The second-order valence-electron chi connectivity index (χ2n) is 4.90. The third-order valence-electron chi connectivity index (χ3n) is 3.63. The molecule has 2 heterocycles. The fourth-order valence-corrected chi connectivity index (χ4v) is 2.77. The van der Waals surface area contributed by atoms with E-state index in [4.69, 9.17) is 16.6 Å². The fraction of sp³-hybridized carbons (Fsp3) is 0.400. The summed E-state index contributed by atoms with van der Waals surface area (Å²) in [6, 6.07) is 8.13. The number of hydrogen-bond donors (Lipinski definition) is 1. The Morgan fingerprint density at radius 1 is 1.26 bits per heavy atom. The third kappa shape index (κ3) is 2.53. The first kappa shape index (κ1) is 12.7. The minimum atomic E-state index is 0.770. The largest absolute Gasteiger partial charge is 0.354 e. The molecule has 0 amide bonds. The smallest absolute Gasteiger partial charge is 0.132 e. The normalized spacial score (nSPS) is 16.0. The summed E-state index contributed by atoms with van der Waals surface area (Å²) < 4.78 is 0. The Bertz CT molecular complexity index is 591. The van der Waals surface area contributed by atoms with Crippen LogP contribution in [0.4, 0.5) is 5.82 Å². The van der Waals surface area contributed by atoms with E-state index in [0.29, 0.717) is 0 Å². The number of aromatic nitrogens is 1. The van der Waals surface area contributed by atoms with Gasteiger partial charge in [-0.1, -0.05) is 18.5 Å². The third-order valence-corrected chi connectivity index (χ3v) is 3.87. The number of hydrogen-bond acceptors (Lipinski definition) is 3. The van der Waals surface area contributed by atoms with Crippen LogP contribution in [-0.4, -0.2) is 31.2 Å². The summed E-state index contributed by atoms with van der Waals surface area (Å²) in [6.45, 7) is 6.30. The monoisotopic (exact) mass is 275 g/mol. The lowest BCUT2D eigenvalue weighted by Crippen LogP contribution is -2.44. The maximum atomic E-state index is 6.06. The van der Waals surface area contributed by atoms with Gasteiger partial charge in [0.25, 0.3) is 0 Å². The average molecular weight is 276 g/mol. The van der Waals surface area contributed by atoms with E-state index in [-0.39, 0.29) is 0 Å². The van der Waals surface area contributed by atoms with Crippen LogP contribution in [0.2, 0.25) is 5.02 Å². The molecular formula is C15H18ClN3. The molecule has 3 rings (SSSR count). The van der Waals surface area contributed by atoms with Crippen molar-refractivity contribution < 1.29 is 0 Å². The van der Waals surface area contributed by atoms with Crippen LogP contribution in [0.25, 0.3) is 10.9 Å². The molecule has 19 heavy (non-hydrogen) atoms. The van der Waals surface area contributed by atoms with Crippen LogP contribution in [0, 0.1) is 0 Å². The van der Waals surface area contributed by atoms with Crippen molar-refractivity contribution in [2.24, 2.45) is 0 Å². The second-order valence-corrected chi connectivity index (χ2v) is 5.34. The van der Waals surface area contributed by atoms with Crippen LogP contribution >= 0.6 is 11.6 Å². The Balaban J connectivity index is 2.09. The number of fused-ring (bicyclic) bond motifs is 1. The molecule has 0 atom stereocenters. The lowest BCUT2D eigenvalue weighted by atomic mass is 10.1. The lowest BCUT2D eigenvalue weighted by Gasteiger charge is -2.30. The van der Waals surface area contributed by atoms with Gasteiger partial charge in [0, 0.05) is 36.6 Å². The van der Waals surface area contributed by atoms with Crippen LogP contribution in [0.3, 0.4) is 0 Å². The van der Waals surface area contributed by atoms with E-state index < -0.39 is 0 Å². The number of benzene rings is 1. The zero-order valence-electron chi connectivity index (χ0n) is 11.1. The zero-order valence-corrected chi connectivity index (χ0v) is 11.9. The van der Waals surface area contributed by atoms with Crippen LogP contribution in [-0.2, 0) is 6.42 Å². The summed E-state index contributed by atoms with van der Waals surface area (Å²) in [5.41, 5.74) is 2.33. The van der Waals surface area contributed by atoms with E-state index in [9.17, 15) is 0 Å². The number of piperazine rings is 1. The van der Waals surface area contributed by atoms with Crippen LogP contribution in [0.1, 0.15) is 12.5 Å². The first-order valence-corrected chi connectivity index (χ1v) is 7.20. The van der Waals surface area contributed by atoms with Crippen LogP contribution in [0.15, 0.2) is 24.3 Å². The zero-order chi connectivity index (χ0) is 13.2. The van der Waals surface area contributed by atoms with Gasteiger partial charge in [0.1, 0.15) is 5.82 Å². The van der Waals surface area contributed by atoms with Gasteiger partial charge in [-0.3, -0.25) is 0 Å². The van der Waals surface area contributed by atoms with Crippen molar-refractivity contribution in [2.75, 3.05) is 31.1 Å². The van der Waals surface area contributed by atoms with Crippen molar-refractivity contribution in [2.45, 2.75) is 13.3 Å². The average Bonchev–Trinajstić information content (AvgIpc) is 2.46. The quantitative estimate of drug-likeness (QED) is 0.914. The van der Waals surface area contributed by atoms with Gasteiger partial charge >= 0.3 is 0 Å². The number of rotatable bonds is 2. The highest BCUT2D eigenvalue weighted by Crippen LogP contribution is 2.26. The van der Waals surface area contributed by atoms with Crippen molar-refractivity contribution in [3.63, 3.8) is 0 Å². The molecule has 1 N–H and O–H groups in total. The maximum Gasteiger partial charge on any atom is 0.132 e. The number of nitrogens with zero attached hydrogens (tertiary/aromatic N) is 2. The van der Waals surface area contributed by atoms with Crippen LogP contribution in [0.5, 0.6) is 0 Å². The summed E-state index contributed by atoms with van der Waals surface area (Å²) in [7, 11) is 0. The lowest BCUT2D eigenvalue weighted by molar-refractivity contribution is 0.584. The molecule has 1 aromatic carbocycles. The summed E-state index contributed by atoms with van der Waals surface area (Å²) in [5, 5.41) is 5.28. The molecule has 4 heteroatoms. The molecule has 1 fully saturated rings. The van der Waals surface area contributed by atoms with E-state index in [1.807, 2.05) is 18.2 Å². The molecule has 1 aromatic heterocycles. The number of halogens is 1. The van der Waals surface area contributed by atoms with Gasteiger partial charge in [-0.05, 0) is 36.2 Å². The number of nitrogens with one attached hydrogen (secondary N) is 1. The summed E-state index contributed by atoms with van der Waals surface area (Å²) in [5.74, 6) is 1.14. The van der Waals surface area contributed by atoms with Gasteiger partial charge < -0.3 is 10.2 Å². The molecule has 1 aliphatic rings. The Hall–Kier alpha value is -1.32. The van der Waals surface area contributed by atoms with E-state index in [1.54, 1.807) is 0 Å². The van der Waals surface area contributed by atoms with E-state index in [0.717, 1.165) is 54.3 Å². The molecule has 0 aliphatic carbocycles. The van der Waals surface area contributed by atoms with Crippen molar-refractivity contribution in [3.05, 3.63) is 34.9 Å². The Labute approximate surface area is 118 Å². The minimum Gasteiger partial charge on any atom is -0.354 e. The van der Waals surface area contributed by atoms with Crippen molar-refractivity contribution >= 4 is 28.3 Å². The first-order chi connectivity index (χ1) is 9.28. The Morgan fingerprint density at radius 3 is 2.79 bits per heavy atom. The molecule has 0 spiro atoms. The molecule has 0 unspecified atom stereocenters. The topological polar surface area (TPSA) is 28.2 Å². The highest BCUT2D eigenvalue weighted by Gasteiger charge is 2.15.